The number of azo groups is 1. The maximum atomic E-state index is 8.97. The van der Waals surface area contributed by atoms with Crippen molar-refractivity contribution in [2.24, 2.45) is 10.2 Å². The summed E-state index contributed by atoms with van der Waals surface area (Å²) in [6, 6.07) is 4.35. The molecule has 1 aromatic carbocycles. The first-order chi connectivity index (χ1) is 5.74. The van der Waals surface area contributed by atoms with Crippen LogP contribution in [-0.4, -0.2) is 11.4 Å². The molecule has 0 unspecified atom stereocenters. The van der Waals surface area contributed by atoms with E-state index in [2.05, 4.69) is 10.2 Å². The molecule has 0 fully saturated rings. The van der Waals surface area contributed by atoms with Crippen LogP contribution in [0.25, 0.3) is 0 Å². The van der Waals surface area contributed by atoms with Crippen LogP contribution in [0, 0.1) is 5.41 Å². The molecule has 5 nitrogen and oxygen atoms in total. The Hall–Kier alpha value is -1.91. The van der Waals surface area contributed by atoms with E-state index in [0.717, 1.165) is 6.34 Å². The Morgan fingerprint density at radius 3 is 2.83 bits per heavy atom. The topological polar surface area (TPSA) is 94.8 Å². The molecule has 0 amide bonds. The van der Waals surface area contributed by atoms with Crippen molar-refractivity contribution in [3.8, 4) is 5.75 Å². The SMILES string of the molecule is N=CN=Nc1ccc(O)cc1N. The standard InChI is InChI=1S/C7H8N4O/c8-4-10-11-7-2-1-5(12)3-6(7)9/h1-4,8,12H,9H2. The van der Waals surface area contributed by atoms with E-state index in [1.165, 1.54) is 18.2 Å². The molecule has 0 aliphatic carbocycles. The molecular formula is C7H8N4O. The minimum Gasteiger partial charge on any atom is -0.508 e. The third-order valence-electron chi connectivity index (χ3n) is 1.23. The number of nitrogens with two attached hydrogens (primary N) is 1. The molecule has 0 heterocycles. The highest BCUT2D eigenvalue weighted by Gasteiger charge is 1.97. The molecule has 0 aliphatic rings. The number of nitrogens with one attached hydrogen (secondary N) is 1. The fraction of sp³-hybridized carbons (Fsp3) is 0. The van der Waals surface area contributed by atoms with Crippen molar-refractivity contribution >= 4 is 17.7 Å². The Morgan fingerprint density at radius 1 is 1.50 bits per heavy atom. The first kappa shape index (κ1) is 8.19. The van der Waals surface area contributed by atoms with Crippen LogP contribution in [0.5, 0.6) is 5.75 Å². The van der Waals surface area contributed by atoms with Gasteiger partial charge in [0, 0.05) is 6.07 Å². The van der Waals surface area contributed by atoms with E-state index in [0.29, 0.717) is 11.4 Å². The van der Waals surface area contributed by atoms with Crippen LogP contribution < -0.4 is 5.73 Å². The fourth-order valence-corrected chi connectivity index (χ4v) is 0.724. The van der Waals surface area contributed by atoms with Crippen molar-refractivity contribution in [1.82, 2.24) is 0 Å². The summed E-state index contributed by atoms with van der Waals surface area (Å²) in [7, 11) is 0. The Kier molecular flexibility index (Phi) is 2.37. The predicted molar refractivity (Wildman–Crippen MR) is 45.8 cm³/mol. The summed E-state index contributed by atoms with van der Waals surface area (Å²) >= 11 is 0. The van der Waals surface area contributed by atoms with E-state index in [9.17, 15) is 0 Å². The van der Waals surface area contributed by atoms with Crippen molar-refractivity contribution in [1.29, 1.82) is 5.41 Å². The Morgan fingerprint density at radius 2 is 2.25 bits per heavy atom. The van der Waals surface area contributed by atoms with Crippen LogP contribution in [0.3, 0.4) is 0 Å². The lowest BCUT2D eigenvalue weighted by atomic mass is 10.2. The van der Waals surface area contributed by atoms with Gasteiger partial charge in [-0.1, -0.05) is 0 Å². The highest BCUT2D eigenvalue weighted by Crippen LogP contribution is 2.25. The zero-order chi connectivity index (χ0) is 8.97. The number of anilines is 1. The third-order valence-corrected chi connectivity index (χ3v) is 1.23. The zero-order valence-electron chi connectivity index (χ0n) is 6.23. The highest BCUT2D eigenvalue weighted by molar-refractivity contribution is 5.65. The van der Waals surface area contributed by atoms with Gasteiger partial charge in [-0.25, -0.2) is 0 Å². The number of benzene rings is 1. The van der Waals surface area contributed by atoms with Gasteiger partial charge >= 0.3 is 0 Å². The van der Waals surface area contributed by atoms with E-state index in [1.54, 1.807) is 0 Å². The smallest absolute Gasteiger partial charge is 0.129 e. The van der Waals surface area contributed by atoms with E-state index in [-0.39, 0.29) is 5.75 Å². The van der Waals surface area contributed by atoms with Crippen molar-refractivity contribution in [3.05, 3.63) is 18.2 Å². The summed E-state index contributed by atoms with van der Waals surface area (Å²) in [6.07, 6.45) is 0.812. The van der Waals surface area contributed by atoms with Crippen molar-refractivity contribution in [2.75, 3.05) is 5.73 Å². The zero-order valence-corrected chi connectivity index (χ0v) is 6.23. The van der Waals surface area contributed by atoms with Crippen LogP contribution in [0.15, 0.2) is 28.4 Å². The predicted octanol–water partition coefficient (Wildman–Crippen LogP) is 1.67. The monoisotopic (exact) mass is 164 g/mol. The van der Waals surface area contributed by atoms with E-state index in [1.807, 2.05) is 0 Å². The molecule has 0 aliphatic heterocycles. The fourth-order valence-electron chi connectivity index (χ4n) is 0.724. The summed E-state index contributed by atoms with van der Waals surface area (Å²) in [4.78, 5) is 0. The maximum absolute atomic E-state index is 8.97. The number of rotatable bonds is 2. The lowest BCUT2D eigenvalue weighted by Crippen LogP contribution is -1.83. The Balaban J connectivity index is 3.01. The molecule has 0 atom stereocenters. The first-order valence-corrected chi connectivity index (χ1v) is 3.22. The lowest BCUT2D eigenvalue weighted by Gasteiger charge is -1.97. The molecule has 1 rings (SSSR count). The normalized spacial score (nSPS) is 10.3. The van der Waals surface area contributed by atoms with Crippen molar-refractivity contribution < 1.29 is 5.11 Å². The number of phenols is 1. The molecule has 0 spiro atoms. The molecule has 62 valence electrons. The summed E-state index contributed by atoms with van der Waals surface area (Å²) < 4.78 is 0. The number of nitrogens with zero attached hydrogens (tertiary/aromatic N) is 2. The second-order valence-corrected chi connectivity index (χ2v) is 2.09. The molecule has 1 aromatic rings. The van der Waals surface area contributed by atoms with E-state index >= 15 is 0 Å². The number of hydrogen-bond acceptors (Lipinski definition) is 4. The third kappa shape index (κ3) is 1.79. The van der Waals surface area contributed by atoms with Gasteiger partial charge in [-0.3, -0.25) is 5.41 Å². The number of aromatic hydroxyl groups is 1. The summed E-state index contributed by atoms with van der Waals surface area (Å²) in [5.74, 6) is 0.0845. The number of hydrogen-bond donors (Lipinski definition) is 3. The van der Waals surface area contributed by atoms with Crippen LogP contribution in [-0.2, 0) is 0 Å². The molecule has 5 heteroatoms. The van der Waals surface area contributed by atoms with Gasteiger partial charge in [-0.15, -0.1) is 10.2 Å². The molecule has 0 saturated carbocycles. The van der Waals surface area contributed by atoms with Crippen LogP contribution in [0.4, 0.5) is 11.4 Å². The minimum absolute atomic E-state index is 0.0845. The van der Waals surface area contributed by atoms with Crippen LogP contribution in [0.1, 0.15) is 0 Å². The second kappa shape index (κ2) is 3.47. The van der Waals surface area contributed by atoms with Crippen molar-refractivity contribution in [2.45, 2.75) is 0 Å². The quantitative estimate of drug-likeness (QED) is 0.268. The van der Waals surface area contributed by atoms with Gasteiger partial charge in [0.05, 0.1) is 5.69 Å². The van der Waals surface area contributed by atoms with Gasteiger partial charge in [-0.2, -0.15) is 0 Å². The molecule has 4 N–H and O–H groups in total. The van der Waals surface area contributed by atoms with Gasteiger partial charge in [0.1, 0.15) is 17.8 Å². The van der Waals surface area contributed by atoms with Crippen LogP contribution in [0.2, 0.25) is 0 Å². The highest BCUT2D eigenvalue weighted by atomic mass is 16.3. The Bertz CT molecular complexity index is 321. The summed E-state index contributed by atoms with van der Waals surface area (Å²) in [5.41, 5.74) is 6.25. The molecular weight excluding hydrogens is 156 g/mol. The van der Waals surface area contributed by atoms with Gasteiger partial charge in [0.2, 0.25) is 0 Å². The largest absolute Gasteiger partial charge is 0.508 e. The first-order valence-electron chi connectivity index (χ1n) is 3.22. The lowest BCUT2D eigenvalue weighted by molar-refractivity contribution is 0.475. The average molecular weight is 164 g/mol. The molecule has 0 aromatic heterocycles. The number of phenolic OH excluding ortho intramolecular Hbond substituents is 1. The molecule has 0 radical (unpaired) electrons. The van der Waals surface area contributed by atoms with E-state index < -0.39 is 0 Å². The van der Waals surface area contributed by atoms with Gasteiger partial charge in [0.15, 0.2) is 0 Å². The van der Waals surface area contributed by atoms with Gasteiger partial charge in [0.25, 0.3) is 0 Å². The average Bonchev–Trinajstić information content (AvgIpc) is 2.03. The summed E-state index contributed by atoms with van der Waals surface area (Å²) in [6.45, 7) is 0. The number of nitrogen functional groups attached to an aromatic ring is 1. The Labute approximate surface area is 69.1 Å². The molecule has 0 bridgehead atoms. The van der Waals surface area contributed by atoms with Crippen molar-refractivity contribution in [3.63, 3.8) is 0 Å². The summed E-state index contributed by atoms with van der Waals surface area (Å²) in [5, 5.41) is 22.5. The minimum atomic E-state index is 0.0845. The van der Waals surface area contributed by atoms with Gasteiger partial charge in [-0.05, 0) is 12.1 Å². The second-order valence-electron chi connectivity index (χ2n) is 2.09. The van der Waals surface area contributed by atoms with E-state index in [4.69, 9.17) is 16.2 Å². The van der Waals surface area contributed by atoms with Crippen LogP contribution >= 0.6 is 0 Å². The molecule has 12 heavy (non-hydrogen) atoms. The molecule has 0 saturated heterocycles. The van der Waals surface area contributed by atoms with Gasteiger partial charge < -0.3 is 10.8 Å². The maximum Gasteiger partial charge on any atom is 0.129 e.